The van der Waals surface area contributed by atoms with Crippen molar-refractivity contribution in [3.63, 3.8) is 0 Å². The minimum Gasteiger partial charge on any atom is -0.508 e. The van der Waals surface area contributed by atoms with Gasteiger partial charge in [0, 0.05) is 12.1 Å². The number of aliphatic hydroxyl groups excluding tert-OH is 1. The van der Waals surface area contributed by atoms with Crippen LogP contribution in [-0.2, 0) is 14.3 Å². The van der Waals surface area contributed by atoms with E-state index >= 15 is 0 Å². The van der Waals surface area contributed by atoms with Crippen LogP contribution in [0.2, 0.25) is 0 Å². The van der Waals surface area contributed by atoms with Gasteiger partial charge in [-0.25, -0.2) is 4.79 Å². The minimum absolute atomic E-state index is 0.0502. The molecule has 0 saturated carbocycles. The smallest absolute Gasteiger partial charge is 0.408 e. The van der Waals surface area contributed by atoms with E-state index in [1.54, 1.807) is 53.7 Å². The van der Waals surface area contributed by atoms with Crippen molar-refractivity contribution in [2.45, 2.75) is 84.5 Å². The lowest BCUT2D eigenvalue weighted by Gasteiger charge is -2.42. The Hall–Kier alpha value is -2.81. The molecule has 1 aromatic carbocycles. The minimum atomic E-state index is -1.33. The lowest BCUT2D eigenvalue weighted by atomic mass is 9.95. The fraction of sp³-hybridized carbons (Fsp3) is 0.625. The molecule has 0 radical (unpaired) electrons. The van der Waals surface area contributed by atoms with Gasteiger partial charge >= 0.3 is 6.09 Å². The number of nitrogens with zero attached hydrogens (tertiary/aromatic N) is 1. The number of benzene rings is 1. The Morgan fingerprint density at radius 3 is 2.24 bits per heavy atom. The predicted octanol–water partition coefficient (Wildman–Crippen LogP) is 2.86. The number of amides is 3. The molecule has 2 unspecified atom stereocenters. The number of aromatic hydroxyl groups is 1. The normalized spacial score (nSPS) is 13.6. The molecule has 9 heteroatoms. The van der Waals surface area contributed by atoms with Crippen molar-refractivity contribution in [1.82, 2.24) is 15.5 Å². The van der Waals surface area contributed by atoms with Crippen molar-refractivity contribution in [2.24, 2.45) is 0 Å². The Labute approximate surface area is 196 Å². The highest BCUT2D eigenvalue weighted by molar-refractivity contribution is 5.92. The standard InChI is InChI=1S/C24H39N3O6/c1-8-9-13-25-20(30)19(16-11-10-12-17(29)14-16)27(23(2,3)4)21(31)18(15-28)26-22(32)33-24(5,6)7/h10-12,14,18-19,28-29H,8-9,13,15H2,1-7H3,(H,25,30)(H,26,32). The molecular formula is C24H39N3O6. The highest BCUT2D eigenvalue weighted by Gasteiger charge is 2.41. The molecule has 0 bridgehead atoms. The third-order valence-corrected chi connectivity index (χ3v) is 4.65. The van der Waals surface area contributed by atoms with Crippen LogP contribution < -0.4 is 10.6 Å². The van der Waals surface area contributed by atoms with Crippen LogP contribution in [-0.4, -0.2) is 63.4 Å². The van der Waals surface area contributed by atoms with E-state index in [9.17, 15) is 24.6 Å². The third kappa shape index (κ3) is 8.92. The van der Waals surface area contributed by atoms with Gasteiger partial charge in [0.2, 0.25) is 11.8 Å². The summed E-state index contributed by atoms with van der Waals surface area (Å²) >= 11 is 0. The molecule has 4 N–H and O–H groups in total. The number of rotatable bonds is 9. The predicted molar refractivity (Wildman–Crippen MR) is 126 cm³/mol. The van der Waals surface area contributed by atoms with Gasteiger partial charge in [-0.2, -0.15) is 0 Å². The SMILES string of the molecule is CCCCNC(=O)C(c1cccc(O)c1)N(C(=O)C(CO)NC(=O)OC(C)(C)C)C(C)(C)C. The molecule has 3 amide bonds. The van der Waals surface area contributed by atoms with E-state index in [4.69, 9.17) is 4.74 Å². The average Bonchev–Trinajstić information content (AvgIpc) is 2.67. The van der Waals surface area contributed by atoms with Crippen molar-refractivity contribution in [1.29, 1.82) is 0 Å². The van der Waals surface area contributed by atoms with Crippen molar-refractivity contribution in [3.05, 3.63) is 29.8 Å². The van der Waals surface area contributed by atoms with E-state index in [-0.39, 0.29) is 5.75 Å². The van der Waals surface area contributed by atoms with Gasteiger partial charge in [-0.1, -0.05) is 25.5 Å². The number of hydrogen-bond acceptors (Lipinski definition) is 6. The highest BCUT2D eigenvalue weighted by atomic mass is 16.6. The summed E-state index contributed by atoms with van der Waals surface area (Å²) in [6, 6.07) is 3.69. The quantitative estimate of drug-likeness (QED) is 0.415. The highest BCUT2D eigenvalue weighted by Crippen LogP contribution is 2.31. The fourth-order valence-electron chi connectivity index (χ4n) is 3.25. The van der Waals surface area contributed by atoms with Crippen LogP contribution in [0.1, 0.15) is 72.9 Å². The first-order chi connectivity index (χ1) is 15.2. The second-order valence-corrected chi connectivity index (χ2v) is 9.90. The molecule has 2 atom stereocenters. The maximum absolute atomic E-state index is 13.6. The van der Waals surface area contributed by atoms with Crippen LogP contribution >= 0.6 is 0 Å². The van der Waals surface area contributed by atoms with E-state index in [1.807, 2.05) is 6.92 Å². The number of carbonyl (C=O) groups is 3. The molecule has 186 valence electrons. The number of carbonyl (C=O) groups excluding carboxylic acids is 3. The van der Waals surface area contributed by atoms with Gasteiger partial charge in [-0.3, -0.25) is 9.59 Å². The molecule has 1 aromatic rings. The molecule has 1 rings (SSSR count). The molecule has 0 aliphatic carbocycles. The van der Waals surface area contributed by atoms with E-state index in [1.165, 1.54) is 17.0 Å². The summed E-state index contributed by atoms with van der Waals surface area (Å²) in [7, 11) is 0. The van der Waals surface area contributed by atoms with Crippen LogP contribution in [0.15, 0.2) is 24.3 Å². The summed E-state index contributed by atoms with van der Waals surface area (Å²) in [5.74, 6) is -1.13. The summed E-state index contributed by atoms with van der Waals surface area (Å²) in [4.78, 5) is 40.5. The second-order valence-electron chi connectivity index (χ2n) is 9.90. The molecule has 0 spiro atoms. The number of hydrogen-bond donors (Lipinski definition) is 4. The van der Waals surface area contributed by atoms with Gasteiger partial charge in [0.1, 0.15) is 23.4 Å². The largest absolute Gasteiger partial charge is 0.508 e. The zero-order valence-electron chi connectivity index (χ0n) is 20.8. The molecule has 33 heavy (non-hydrogen) atoms. The summed E-state index contributed by atoms with van der Waals surface area (Å²) in [5, 5.41) is 25.2. The van der Waals surface area contributed by atoms with E-state index in [0.29, 0.717) is 12.1 Å². The zero-order valence-corrected chi connectivity index (χ0v) is 20.8. The number of unbranched alkanes of at least 4 members (excludes halogenated alkanes) is 1. The van der Waals surface area contributed by atoms with Gasteiger partial charge in [-0.15, -0.1) is 0 Å². The maximum Gasteiger partial charge on any atom is 0.408 e. The maximum atomic E-state index is 13.6. The Kier molecular flexibility index (Phi) is 10.2. The summed E-state index contributed by atoms with van der Waals surface area (Å²) in [5.41, 5.74) is -1.26. The third-order valence-electron chi connectivity index (χ3n) is 4.65. The molecular weight excluding hydrogens is 426 g/mol. The first-order valence-electron chi connectivity index (χ1n) is 11.2. The number of ether oxygens (including phenoxy) is 1. The molecule has 0 heterocycles. The summed E-state index contributed by atoms with van der Waals surface area (Å²) < 4.78 is 5.22. The lowest BCUT2D eigenvalue weighted by molar-refractivity contribution is -0.149. The monoisotopic (exact) mass is 465 g/mol. The number of alkyl carbamates (subject to hydrolysis) is 1. The van der Waals surface area contributed by atoms with Gasteiger partial charge in [0.15, 0.2) is 0 Å². The zero-order chi connectivity index (χ0) is 25.4. The first-order valence-corrected chi connectivity index (χ1v) is 11.2. The number of nitrogens with one attached hydrogen (secondary N) is 2. The van der Waals surface area contributed by atoms with Crippen LogP contribution in [0.5, 0.6) is 5.75 Å². The number of aliphatic hydroxyl groups is 1. The van der Waals surface area contributed by atoms with Gasteiger partial charge in [0.25, 0.3) is 0 Å². The van der Waals surface area contributed by atoms with E-state index in [0.717, 1.165) is 12.8 Å². The van der Waals surface area contributed by atoms with E-state index < -0.39 is 47.7 Å². The Balaban J connectivity index is 3.40. The molecule has 0 aliphatic rings. The Bertz CT molecular complexity index is 813. The molecule has 0 saturated heterocycles. The summed E-state index contributed by atoms with van der Waals surface area (Å²) in [6.45, 7) is 12.0. The van der Waals surface area contributed by atoms with Crippen LogP contribution in [0.25, 0.3) is 0 Å². The second kappa shape index (κ2) is 11.9. The van der Waals surface area contributed by atoms with Crippen molar-refractivity contribution >= 4 is 17.9 Å². The molecule has 0 aromatic heterocycles. The number of phenolic OH excluding ortho intramolecular Hbond substituents is 1. The molecule has 0 aliphatic heterocycles. The van der Waals surface area contributed by atoms with Gasteiger partial charge < -0.3 is 30.5 Å². The number of phenols is 1. The molecule has 9 nitrogen and oxygen atoms in total. The van der Waals surface area contributed by atoms with Crippen LogP contribution in [0.3, 0.4) is 0 Å². The van der Waals surface area contributed by atoms with Crippen molar-refractivity contribution < 1.29 is 29.3 Å². The fourth-order valence-corrected chi connectivity index (χ4v) is 3.25. The lowest BCUT2D eigenvalue weighted by Crippen LogP contribution is -2.59. The topological polar surface area (TPSA) is 128 Å². The first kappa shape index (κ1) is 28.2. The van der Waals surface area contributed by atoms with Crippen LogP contribution in [0, 0.1) is 0 Å². The summed E-state index contributed by atoms with van der Waals surface area (Å²) in [6.07, 6.45) is 0.789. The van der Waals surface area contributed by atoms with Crippen LogP contribution in [0.4, 0.5) is 4.79 Å². The van der Waals surface area contributed by atoms with E-state index in [2.05, 4.69) is 10.6 Å². The molecule has 0 fully saturated rings. The van der Waals surface area contributed by atoms with Gasteiger partial charge in [-0.05, 0) is 65.7 Å². The average molecular weight is 466 g/mol. The van der Waals surface area contributed by atoms with Crippen molar-refractivity contribution in [2.75, 3.05) is 13.2 Å². The Morgan fingerprint density at radius 1 is 1.12 bits per heavy atom. The van der Waals surface area contributed by atoms with Gasteiger partial charge in [0.05, 0.1) is 6.61 Å². The van der Waals surface area contributed by atoms with Crippen molar-refractivity contribution in [3.8, 4) is 5.75 Å². The Morgan fingerprint density at radius 2 is 1.76 bits per heavy atom.